The molecule has 1 saturated carbocycles. The van der Waals surface area contributed by atoms with Gasteiger partial charge in [0.1, 0.15) is 18.2 Å². The van der Waals surface area contributed by atoms with Crippen molar-refractivity contribution in [1.29, 1.82) is 5.26 Å². The zero-order chi connectivity index (χ0) is 13.8. The summed E-state index contributed by atoms with van der Waals surface area (Å²) in [5, 5.41) is 8.67. The lowest BCUT2D eigenvalue weighted by Gasteiger charge is -2.18. The van der Waals surface area contributed by atoms with Crippen molar-refractivity contribution in [3.8, 4) is 6.07 Å². The fourth-order valence-corrected chi connectivity index (χ4v) is 2.00. The van der Waals surface area contributed by atoms with Crippen molar-refractivity contribution < 1.29 is 13.6 Å². The number of hydrogen-bond acceptors (Lipinski definition) is 2. The van der Waals surface area contributed by atoms with E-state index in [0.717, 1.165) is 31.0 Å². The summed E-state index contributed by atoms with van der Waals surface area (Å²) in [6, 6.07) is 5.33. The highest BCUT2D eigenvalue weighted by Crippen LogP contribution is 2.27. The summed E-state index contributed by atoms with van der Waals surface area (Å²) < 4.78 is 26.4. The number of halogens is 2. The van der Waals surface area contributed by atoms with Crippen LogP contribution in [0.5, 0.6) is 0 Å². The number of nitrogens with zero attached hydrogens (tertiary/aromatic N) is 2. The summed E-state index contributed by atoms with van der Waals surface area (Å²) in [7, 11) is 0. The van der Waals surface area contributed by atoms with Gasteiger partial charge in [-0.05, 0) is 43.0 Å². The minimum Gasteiger partial charge on any atom is -0.326 e. The van der Waals surface area contributed by atoms with Gasteiger partial charge in [-0.25, -0.2) is 8.78 Å². The van der Waals surface area contributed by atoms with Gasteiger partial charge in [-0.3, -0.25) is 4.79 Å². The van der Waals surface area contributed by atoms with Gasteiger partial charge in [-0.1, -0.05) is 0 Å². The SMILES string of the molecule is N#CCN(C(=O)CCc1cc(F)ccc1F)C1CC1. The van der Waals surface area contributed by atoms with Crippen molar-refractivity contribution in [2.75, 3.05) is 6.54 Å². The Morgan fingerprint density at radius 2 is 2.16 bits per heavy atom. The van der Waals surface area contributed by atoms with Crippen molar-refractivity contribution in [1.82, 2.24) is 4.90 Å². The van der Waals surface area contributed by atoms with E-state index in [-0.39, 0.29) is 36.9 Å². The van der Waals surface area contributed by atoms with Crippen molar-refractivity contribution in [3.63, 3.8) is 0 Å². The number of amides is 1. The molecule has 0 heterocycles. The van der Waals surface area contributed by atoms with Crippen LogP contribution in [0.2, 0.25) is 0 Å². The highest BCUT2D eigenvalue weighted by Gasteiger charge is 2.31. The van der Waals surface area contributed by atoms with Crippen LogP contribution in [0, 0.1) is 23.0 Å². The largest absolute Gasteiger partial charge is 0.326 e. The van der Waals surface area contributed by atoms with Crippen molar-refractivity contribution in [3.05, 3.63) is 35.4 Å². The topological polar surface area (TPSA) is 44.1 Å². The van der Waals surface area contributed by atoms with Crippen LogP contribution in [0.4, 0.5) is 8.78 Å². The second-order valence-electron chi connectivity index (χ2n) is 4.65. The average molecular weight is 264 g/mol. The fraction of sp³-hybridized carbons (Fsp3) is 0.429. The minimum absolute atomic E-state index is 0.0646. The molecule has 0 radical (unpaired) electrons. The van der Waals surface area contributed by atoms with Gasteiger partial charge in [0.2, 0.25) is 5.91 Å². The Kier molecular flexibility index (Phi) is 4.10. The molecule has 0 aliphatic heterocycles. The summed E-state index contributed by atoms with van der Waals surface area (Å²) in [6.45, 7) is 0.0646. The molecule has 1 aromatic rings. The molecule has 1 aromatic carbocycles. The number of aryl methyl sites for hydroxylation is 1. The van der Waals surface area contributed by atoms with Crippen LogP contribution >= 0.6 is 0 Å². The number of nitriles is 1. The normalized spacial score (nSPS) is 13.9. The van der Waals surface area contributed by atoms with Crippen LogP contribution < -0.4 is 0 Å². The van der Waals surface area contributed by atoms with E-state index < -0.39 is 11.6 Å². The summed E-state index contributed by atoms with van der Waals surface area (Å²) in [4.78, 5) is 13.5. The first-order chi connectivity index (χ1) is 9.11. The average Bonchev–Trinajstić information content (AvgIpc) is 3.21. The van der Waals surface area contributed by atoms with Crippen LogP contribution in [-0.2, 0) is 11.2 Å². The zero-order valence-electron chi connectivity index (χ0n) is 10.4. The van der Waals surface area contributed by atoms with Gasteiger partial charge in [-0.2, -0.15) is 5.26 Å². The second kappa shape index (κ2) is 5.79. The third-order valence-electron chi connectivity index (χ3n) is 3.17. The van der Waals surface area contributed by atoms with Crippen LogP contribution in [0.1, 0.15) is 24.8 Å². The molecule has 1 fully saturated rings. The molecule has 0 N–H and O–H groups in total. The maximum absolute atomic E-state index is 13.4. The number of benzene rings is 1. The van der Waals surface area contributed by atoms with E-state index in [1.54, 1.807) is 0 Å². The first kappa shape index (κ1) is 13.5. The third-order valence-corrected chi connectivity index (χ3v) is 3.17. The van der Waals surface area contributed by atoms with E-state index in [4.69, 9.17) is 5.26 Å². The first-order valence-corrected chi connectivity index (χ1v) is 6.22. The molecule has 1 aliphatic rings. The summed E-state index contributed by atoms with van der Waals surface area (Å²) >= 11 is 0. The molecule has 0 unspecified atom stereocenters. The number of rotatable bonds is 5. The van der Waals surface area contributed by atoms with Crippen molar-refractivity contribution in [2.45, 2.75) is 31.7 Å². The van der Waals surface area contributed by atoms with Gasteiger partial charge < -0.3 is 4.90 Å². The Bertz CT molecular complexity index is 521. The maximum atomic E-state index is 13.4. The molecule has 0 bridgehead atoms. The molecular weight excluding hydrogens is 250 g/mol. The first-order valence-electron chi connectivity index (χ1n) is 6.22. The highest BCUT2D eigenvalue weighted by atomic mass is 19.1. The highest BCUT2D eigenvalue weighted by molar-refractivity contribution is 5.77. The lowest BCUT2D eigenvalue weighted by atomic mass is 10.1. The number of carbonyl (C=O) groups excluding carboxylic acids is 1. The molecule has 0 aromatic heterocycles. The minimum atomic E-state index is -0.514. The molecule has 0 spiro atoms. The molecule has 1 aliphatic carbocycles. The smallest absolute Gasteiger partial charge is 0.224 e. The Balaban J connectivity index is 1.95. The zero-order valence-corrected chi connectivity index (χ0v) is 10.4. The van der Waals surface area contributed by atoms with E-state index in [2.05, 4.69) is 0 Å². The predicted octanol–water partition coefficient (Wildman–Crippen LogP) is 2.41. The predicted molar refractivity (Wildman–Crippen MR) is 65.0 cm³/mol. The van der Waals surface area contributed by atoms with E-state index >= 15 is 0 Å². The van der Waals surface area contributed by atoms with Crippen LogP contribution in [0.3, 0.4) is 0 Å². The number of carbonyl (C=O) groups is 1. The van der Waals surface area contributed by atoms with E-state index in [1.807, 2.05) is 6.07 Å². The van der Waals surface area contributed by atoms with Gasteiger partial charge in [0.25, 0.3) is 0 Å². The second-order valence-corrected chi connectivity index (χ2v) is 4.65. The third kappa shape index (κ3) is 3.50. The Morgan fingerprint density at radius 1 is 1.42 bits per heavy atom. The molecule has 0 atom stereocenters. The lowest BCUT2D eigenvalue weighted by Crippen LogP contribution is -2.33. The van der Waals surface area contributed by atoms with Gasteiger partial charge in [0.05, 0.1) is 6.07 Å². The Hall–Kier alpha value is -1.96. The quantitative estimate of drug-likeness (QED) is 0.766. The van der Waals surface area contributed by atoms with Crippen molar-refractivity contribution in [2.24, 2.45) is 0 Å². The molecule has 100 valence electrons. The molecule has 19 heavy (non-hydrogen) atoms. The lowest BCUT2D eigenvalue weighted by molar-refractivity contribution is -0.131. The van der Waals surface area contributed by atoms with E-state index in [0.29, 0.717) is 0 Å². The molecule has 0 saturated heterocycles. The Morgan fingerprint density at radius 3 is 2.79 bits per heavy atom. The van der Waals surface area contributed by atoms with Crippen LogP contribution in [0.25, 0.3) is 0 Å². The summed E-state index contributed by atoms with van der Waals surface area (Å²) in [5.41, 5.74) is 0.195. The molecule has 3 nitrogen and oxygen atoms in total. The van der Waals surface area contributed by atoms with Gasteiger partial charge in [-0.15, -0.1) is 0 Å². The molecule has 2 rings (SSSR count). The Labute approximate surface area is 110 Å². The standard InChI is InChI=1S/C14H14F2N2O/c15-11-2-5-13(16)10(9-11)1-6-14(19)18(8-7-17)12-3-4-12/h2,5,9,12H,1,3-4,6,8H2. The van der Waals surface area contributed by atoms with E-state index in [9.17, 15) is 13.6 Å². The van der Waals surface area contributed by atoms with Gasteiger partial charge >= 0.3 is 0 Å². The van der Waals surface area contributed by atoms with Crippen LogP contribution in [-0.4, -0.2) is 23.4 Å². The molecule has 5 heteroatoms. The van der Waals surface area contributed by atoms with Crippen molar-refractivity contribution >= 4 is 5.91 Å². The number of hydrogen-bond donors (Lipinski definition) is 0. The summed E-state index contributed by atoms with van der Waals surface area (Å²) in [6.07, 6.45) is 2.08. The maximum Gasteiger partial charge on any atom is 0.224 e. The molecular formula is C14H14F2N2O. The van der Waals surface area contributed by atoms with Crippen LogP contribution in [0.15, 0.2) is 18.2 Å². The molecule has 1 amide bonds. The monoisotopic (exact) mass is 264 g/mol. The summed E-state index contributed by atoms with van der Waals surface area (Å²) in [5.74, 6) is -1.19. The van der Waals surface area contributed by atoms with Gasteiger partial charge in [0, 0.05) is 12.5 Å². The van der Waals surface area contributed by atoms with Gasteiger partial charge in [0.15, 0.2) is 0 Å². The van der Waals surface area contributed by atoms with E-state index in [1.165, 1.54) is 4.90 Å². The fourth-order valence-electron chi connectivity index (χ4n) is 2.00.